The summed E-state index contributed by atoms with van der Waals surface area (Å²) in [5, 5.41) is 0.523. The number of halogens is 1. The van der Waals surface area contributed by atoms with Crippen molar-refractivity contribution in [3.8, 4) is 0 Å². The molecule has 1 aromatic carbocycles. The van der Waals surface area contributed by atoms with Crippen LogP contribution in [0.3, 0.4) is 0 Å². The minimum absolute atomic E-state index is 0.269. The normalized spacial score (nSPS) is 11.1. The van der Waals surface area contributed by atoms with Crippen LogP contribution >= 0.6 is 11.6 Å². The zero-order valence-corrected chi connectivity index (χ0v) is 11.1. The summed E-state index contributed by atoms with van der Waals surface area (Å²) in [6, 6.07) is 5.03. The molecule has 0 amide bonds. The molecule has 0 aromatic heterocycles. The third-order valence-electron chi connectivity index (χ3n) is 2.38. The van der Waals surface area contributed by atoms with Gasteiger partial charge >= 0.3 is 5.97 Å². The van der Waals surface area contributed by atoms with Gasteiger partial charge in [-0.1, -0.05) is 23.7 Å². The summed E-state index contributed by atoms with van der Waals surface area (Å²) in [5.41, 5.74) is 0.157. The minimum Gasteiger partial charge on any atom is -0.451 e. The van der Waals surface area contributed by atoms with Crippen molar-refractivity contribution >= 4 is 23.4 Å². The molecule has 0 N–H and O–H groups in total. The average molecular weight is 255 g/mol. The van der Waals surface area contributed by atoms with Crippen molar-refractivity contribution in [2.24, 2.45) is 0 Å². The Bertz CT molecular complexity index is 464. The van der Waals surface area contributed by atoms with Gasteiger partial charge in [-0.05, 0) is 32.4 Å². The van der Waals surface area contributed by atoms with Crippen molar-refractivity contribution in [2.75, 3.05) is 0 Å². The number of carbonyl (C=O) groups is 2. The van der Waals surface area contributed by atoms with Gasteiger partial charge in [-0.2, -0.15) is 0 Å². The van der Waals surface area contributed by atoms with Crippen molar-refractivity contribution in [3.63, 3.8) is 0 Å². The predicted octanol–water partition coefficient (Wildman–Crippen LogP) is 3.17. The van der Waals surface area contributed by atoms with Gasteiger partial charge < -0.3 is 4.74 Å². The fourth-order valence-corrected chi connectivity index (χ4v) is 1.67. The maximum absolute atomic E-state index is 12.1. The number of carbonyl (C=O) groups excluding carboxylic acids is 2. The Kier molecular flexibility index (Phi) is 3.94. The standard InChI is InChI=1S/C13H15ClO3/c1-8-5-6-10(7-11(8)14)12(16)13(3,4)17-9(2)15/h5-7H,1-4H3. The highest BCUT2D eigenvalue weighted by atomic mass is 35.5. The van der Waals surface area contributed by atoms with E-state index in [0.29, 0.717) is 10.6 Å². The Morgan fingerprint density at radius 1 is 1.29 bits per heavy atom. The second-order valence-electron chi connectivity index (χ2n) is 4.40. The van der Waals surface area contributed by atoms with Crippen LogP contribution in [-0.4, -0.2) is 17.4 Å². The molecule has 1 aromatic rings. The predicted molar refractivity (Wildman–Crippen MR) is 66.4 cm³/mol. The van der Waals surface area contributed by atoms with Gasteiger partial charge in [0.1, 0.15) is 0 Å². The number of rotatable bonds is 3. The number of esters is 1. The third-order valence-corrected chi connectivity index (χ3v) is 2.79. The van der Waals surface area contributed by atoms with E-state index in [-0.39, 0.29) is 5.78 Å². The van der Waals surface area contributed by atoms with Crippen molar-refractivity contribution in [1.29, 1.82) is 0 Å². The van der Waals surface area contributed by atoms with Crippen LogP contribution < -0.4 is 0 Å². The van der Waals surface area contributed by atoms with Crippen molar-refractivity contribution < 1.29 is 14.3 Å². The Morgan fingerprint density at radius 2 is 1.88 bits per heavy atom. The van der Waals surface area contributed by atoms with Gasteiger partial charge in [0, 0.05) is 17.5 Å². The van der Waals surface area contributed by atoms with Gasteiger partial charge in [0.2, 0.25) is 5.78 Å². The van der Waals surface area contributed by atoms with Gasteiger partial charge in [-0.15, -0.1) is 0 Å². The maximum Gasteiger partial charge on any atom is 0.303 e. The zero-order valence-electron chi connectivity index (χ0n) is 10.3. The maximum atomic E-state index is 12.1. The highest BCUT2D eigenvalue weighted by molar-refractivity contribution is 6.31. The van der Waals surface area contributed by atoms with Crippen LogP contribution in [-0.2, 0) is 9.53 Å². The fraction of sp³-hybridized carbons (Fsp3) is 0.385. The smallest absolute Gasteiger partial charge is 0.303 e. The lowest BCUT2D eigenvalue weighted by Crippen LogP contribution is -2.36. The molecule has 0 radical (unpaired) electrons. The fourth-order valence-electron chi connectivity index (χ4n) is 1.49. The van der Waals surface area contributed by atoms with Crippen LogP contribution in [0.5, 0.6) is 0 Å². The molecule has 4 heteroatoms. The van der Waals surface area contributed by atoms with Gasteiger partial charge in [0.25, 0.3) is 0 Å². The first kappa shape index (κ1) is 13.7. The Morgan fingerprint density at radius 3 is 2.35 bits per heavy atom. The highest BCUT2D eigenvalue weighted by Gasteiger charge is 2.31. The molecule has 0 fully saturated rings. The topological polar surface area (TPSA) is 43.4 Å². The van der Waals surface area contributed by atoms with E-state index in [2.05, 4.69) is 0 Å². The highest BCUT2D eigenvalue weighted by Crippen LogP contribution is 2.22. The molecule has 0 aliphatic heterocycles. The summed E-state index contributed by atoms with van der Waals surface area (Å²) in [5.74, 6) is -0.754. The first-order chi connectivity index (χ1) is 7.74. The summed E-state index contributed by atoms with van der Waals surface area (Å²) >= 11 is 5.95. The van der Waals surface area contributed by atoms with E-state index < -0.39 is 11.6 Å². The number of hydrogen-bond donors (Lipinski definition) is 0. The van der Waals surface area contributed by atoms with Crippen molar-refractivity contribution in [2.45, 2.75) is 33.3 Å². The molecule has 92 valence electrons. The van der Waals surface area contributed by atoms with E-state index in [1.165, 1.54) is 6.92 Å². The van der Waals surface area contributed by atoms with Gasteiger partial charge in [0.15, 0.2) is 5.60 Å². The first-order valence-corrected chi connectivity index (χ1v) is 5.62. The summed E-state index contributed by atoms with van der Waals surface area (Å²) < 4.78 is 4.99. The lowest BCUT2D eigenvalue weighted by atomic mass is 9.96. The molecule has 1 rings (SSSR count). The molecule has 0 aliphatic carbocycles. The zero-order chi connectivity index (χ0) is 13.2. The molecule has 0 saturated carbocycles. The van der Waals surface area contributed by atoms with Crippen LogP contribution in [0.25, 0.3) is 0 Å². The summed E-state index contributed by atoms with van der Waals surface area (Å²) in [6.07, 6.45) is 0. The summed E-state index contributed by atoms with van der Waals surface area (Å²) in [7, 11) is 0. The molecule has 0 spiro atoms. The molecule has 0 heterocycles. The lowest BCUT2D eigenvalue weighted by molar-refractivity contribution is -0.149. The Labute approximate surface area is 106 Å². The number of benzene rings is 1. The number of ketones is 1. The number of ether oxygens (including phenoxy) is 1. The quantitative estimate of drug-likeness (QED) is 0.615. The molecule has 3 nitrogen and oxygen atoms in total. The second kappa shape index (κ2) is 4.88. The number of aryl methyl sites for hydroxylation is 1. The van der Waals surface area contributed by atoms with Crippen LogP contribution in [0.4, 0.5) is 0 Å². The molecular weight excluding hydrogens is 240 g/mol. The van der Waals surface area contributed by atoms with E-state index in [1.807, 2.05) is 6.92 Å². The van der Waals surface area contributed by atoms with Crippen LogP contribution in [0.15, 0.2) is 18.2 Å². The van der Waals surface area contributed by atoms with E-state index in [0.717, 1.165) is 5.56 Å². The van der Waals surface area contributed by atoms with E-state index in [4.69, 9.17) is 16.3 Å². The molecule has 0 bridgehead atoms. The molecule has 0 aliphatic rings. The molecule has 17 heavy (non-hydrogen) atoms. The van der Waals surface area contributed by atoms with Crippen molar-refractivity contribution in [3.05, 3.63) is 34.3 Å². The molecule has 0 atom stereocenters. The molecule has 0 unspecified atom stereocenters. The first-order valence-electron chi connectivity index (χ1n) is 5.24. The van der Waals surface area contributed by atoms with Crippen molar-refractivity contribution in [1.82, 2.24) is 0 Å². The Hall–Kier alpha value is -1.35. The lowest BCUT2D eigenvalue weighted by Gasteiger charge is -2.23. The summed E-state index contributed by atoms with van der Waals surface area (Å²) in [4.78, 5) is 23.0. The van der Waals surface area contributed by atoms with Crippen LogP contribution in [0, 0.1) is 6.92 Å². The average Bonchev–Trinajstić information content (AvgIpc) is 2.19. The van der Waals surface area contributed by atoms with Gasteiger partial charge in [-0.3, -0.25) is 9.59 Å². The third kappa shape index (κ3) is 3.30. The summed E-state index contributed by atoms with van der Waals surface area (Å²) in [6.45, 7) is 6.25. The van der Waals surface area contributed by atoms with Crippen LogP contribution in [0.1, 0.15) is 36.7 Å². The molecule has 0 saturated heterocycles. The monoisotopic (exact) mass is 254 g/mol. The van der Waals surface area contributed by atoms with E-state index >= 15 is 0 Å². The number of hydrogen-bond acceptors (Lipinski definition) is 3. The number of Topliss-reactive ketones (excluding diaryl/α,β-unsaturated/α-hetero) is 1. The van der Waals surface area contributed by atoms with E-state index in [1.54, 1.807) is 32.0 Å². The SMILES string of the molecule is CC(=O)OC(C)(C)C(=O)c1ccc(C)c(Cl)c1. The second-order valence-corrected chi connectivity index (χ2v) is 4.80. The van der Waals surface area contributed by atoms with E-state index in [9.17, 15) is 9.59 Å². The van der Waals surface area contributed by atoms with Gasteiger partial charge in [0.05, 0.1) is 0 Å². The molecular formula is C13H15ClO3. The Balaban J connectivity index is 3.03. The van der Waals surface area contributed by atoms with Gasteiger partial charge in [-0.25, -0.2) is 0 Å². The minimum atomic E-state index is -1.18. The largest absolute Gasteiger partial charge is 0.451 e. The van der Waals surface area contributed by atoms with Crippen LogP contribution in [0.2, 0.25) is 5.02 Å².